The minimum atomic E-state index is -3.00. The van der Waals surface area contributed by atoms with Crippen molar-refractivity contribution >= 4 is 17.1 Å². The molecule has 2 heterocycles. The van der Waals surface area contributed by atoms with E-state index in [0.29, 0.717) is 12.0 Å². The minimum Gasteiger partial charge on any atom is -0.493 e. The number of aromatic nitrogens is 4. The van der Waals surface area contributed by atoms with Gasteiger partial charge in [-0.3, -0.25) is 14.2 Å². The SMILES string of the molecule is COc1ccc(CCNC(=O)Cn2c(=O)c3c(ncn3C)n(C)c2=O)cc1OC(F)F. The molecule has 0 aliphatic carbocycles. The van der Waals surface area contributed by atoms with Crippen LogP contribution in [0.15, 0.2) is 34.1 Å². The Morgan fingerprint density at radius 2 is 1.97 bits per heavy atom. The summed E-state index contributed by atoms with van der Waals surface area (Å²) >= 11 is 0. The topological polar surface area (TPSA) is 109 Å². The lowest BCUT2D eigenvalue weighted by Gasteiger charge is -2.12. The van der Waals surface area contributed by atoms with Crippen molar-refractivity contribution in [1.29, 1.82) is 0 Å². The van der Waals surface area contributed by atoms with E-state index in [4.69, 9.17) is 4.74 Å². The van der Waals surface area contributed by atoms with Crippen LogP contribution in [0.4, 0.5) is 8.78 Å². The van der Waals surface area contributed by atoms with E-state index in [1.54, 1.807) is 13.1 Å². The standard InChI is InChI=1S/C19H21F2N5O5/c1-24-10-23-16-15(24)17(28)26(19(29)25(16)2)9-14(27)22-7-6-11-4-5-12(30-3)13(8-11)31-18(20)21/h4-5,8,10,18H,6-7,9H2,1-3H3,(H,22,27). The Hall–Kier alpha value is -3.70. The molecule has 166 valence electrons. The van der Waals surface area contributed by atoms with Crippen LogP contribution in [0.25, 0.3) is 11.2 Å². The molecule has 0 spiro atoms. The van der Waals surface area contributed by atoms with Gasteiger partial charge in [-0.15, -0.1) is 0 Å². The Balaban J connectivity index is 1.69. The number of methoxy groups -OCH3 is 1. The van der Waals surface area contributed by atoms with Crippen molar-refractivity contribution in [3.05, 3.63) is 50.9 Å². The number of imidazole rings is 1. The number of ether oxygens (including phenoxy) is 2. The third kappa shape index (κ3) is 4.57. The molecule has 0 aliphatic rings. The predicted octanol–water partition coefficient (Wildman–Crippen LogP) is 0.403. The van der Waals surface area contributed by atoms with Crippen LogP contribution in [0.2, 0.25) is 0 Å². The summed E-state index contributed by atoms with van der Waals surface area (Å²) < 4.78 is 38.0. The average Bonchev–Trinajstić information content (AvgIpc) is 3.11. The molecule has 10 nitrogen and oxygen atoms in total. The average molecular weight is 437 g/mol. The van der Waals surface area contributed by atoms with Gasteiger partial charge in [-0.05, 0) is 24.1 Å². The molecule has 3 aromatic rings. The highest BCUT2D eigenvalue weighted by atomic mass is 19.3. The molecule has 0 fully saturated rings. The number of carbonyl (C=O) groups excluding carboxylic acids is 1. The van der Waals surface area contributed by atoms with Crippen LogP contribution in [-0.4, -0.2) is 44.9 Å². The Morgan fingerprint density at radius 3 is 2.65 bits per heavy atom. The third-order valence-electron chi connectivity index (χ3n) is 4.68. The number of alkyl halides is 2. The molecule has 2 aromatic heterocycles. The van der Waals surface area contributed by atoms with Crippen molar-refractivity contribution in [2.75, 3.05) is 13.7 Å². The number of nitrogens with zero attached hydrogens (tertiary/aromatic N) is 4. The van der Waals surface area contributed by atoms with Crippen molar-refractivity contribution in [2.45, 2.75) is 19.6 Å². The normalized spacial score (nSPS) is 11.2. The van der Waals surface area contributed by atoms with Crippen LogP contribution in [0.5, 0.6) is 11.5 Å². The Morgan fingerprint density at radius 1 is 1.23 bits per heavy atom. The second-order valence-corrected chi connectivity index (χ2v) is 6.72. The van der Waals surface area contributed by atoms with Crippen molar-refractivity contribution in [1.82, 2.24) is 24.0 Å². The summed E-state index contributed by atoms with van der Waals surface area (Å²) in [5, 5.41) is 2.61. The number of aryl methyl sites for hydroxylation is 2. The molecular formula is C19H21F2N5O5. The van der Waals surface area contributed by atoms with Gasteiger partial charge in [0.2, 0.25) is 5.91 Å². The van der Waals surface area contributed by atoms with E-state index in [0.717, 1.165) is 4.57 Å². The van der Waals surface area contributed by atoms with Crippen LogP contribution < -0.4 is 26.0 Å². The van der Waals surface area contributed by atoms with Crippen LogP contribution in [0.1, 0.15) is 5.56 Å². The molecule has 31 heavy (non-hydrogen) atoms. The lowest BCUT2D eigenvalue weighted by atomic mass is 10.1. The third-order valence-corrected chi connectivity index (χ3v) is 4.68. The van der Waals surface area contributed by atoms with Gasteiger partial charge in [0, 0.05) is 20.6 Å². The first-order valence-electron chi connectivity index (χ1n) is 9.22. The number of halogens is 2. The van der Waals surface area contributed by atoms with Gasteiger partial charge in [0.15, 0.2) is 22.7 Å². The van der Waals surface area contributed by atoms with Gasteiger partial charge in [0.1, 0.15) is 6.54 Å². The maximum atomic E-state index is 12.6. The molecule has 0 saturated carbocycles. The molecule has 1 aromatic carbocycles. The van der Waals surface area contributed by atoms with Crippen LogP contribution >= 0.6 is 0 Å². The fourth-order valence-corrected chi connectivity index (χ4v) is 3.15. The summed E-state index contributed by atoms with van der Waals surface area (Å²) in [6.07, 6.45) is 1.72. The highest BCUT2D eigenvalue weighted by Crippen LogP contribution is 2.29. The minimum absolute atomic E-state index is 0.110. The zero-order valence-corrected chi connectivity index (χ0v) is 17.1. The lowest BCUT2D eigenvalue weighted by molar-refractivity contribution is -0.121. The van der Waals surface area contributed by atoms with Gasteiger partial charge >= 0.3 is 12.3 Å². The van der Waals surface area contributed by atoms with Crippen LogP contribution in [-0.2, 0) is 31.9 Å². The summed E-state index contributed by atoms with van der Waals surface area (Å²) in [5.74, 6) is -0.493. The Labute approximate surface area is 174 Å². The number of hydrogen-bond donors (Lipinski definition) is 1. The van der Waals surface area contributed by atoms with E-state index in [-0.39, 0.29) is 29.2 Å². The number of rotatable bonds is 8. The number of amides is 1. The largest absolute Gasteiger partial charge is 0.493 e. The summed E-state index contributed by atoms with van der Waals surface area (Å²) in [4.78, 5) is 41.4. The zero-order valence-electron chi connectivity index (χ0n) is 17.1. The van der Waals surface area contributed by atoms with Crippen molar-refractivity contribution in [2.24, 2.45) is 14.1 Å². The first kappa shape index (κ1) is 22.0. The zero-order chi connectivity index (χ0) is 22.7. The van der Waals surface area contributed by atoms with Crippen molar-refractivity contribution in [3.8, 4) is 11.5 Å². The molecule has 1 N–H and O–H groups in total. The smallest absolute Gasteiger partial charge is 0.387 e. The van der Waals surface area contributed by atoms with Gasteiger partial charge in [-0.1, -0.05) is 6.07 Å². The molecule has 0 radical (unpaired) electrons. The van der Waals surface area contributed by atoms with E-state index in [2.05, 4.69) is 15.0 Å². The highest BCUT2D eigenvalue weighted by Gasteiger charge is 2.17. The Bertz CT molecular complexity index is 1230. The summed E-state index contributed by atoms with van der Waals surface area (Å²) in [6, 6.07) is 4.54. The maximum Gasteiger partial charge on any atom is 0.387 e. The number of nitrogens with one attached hydrogen (secondary N) is 1. The second kappa shape index (κ2) is 8.98. The highest BCUT2D eigenvalue weighted by molar-refractivity contribution is 5.76. The molecular weight excluding hydrogens is 416 g/mol. The first-order chi connectivity index (χ1) is 14.7. The molecule has 0 bridgehead atoms. The fraction of sp³-hybridized carbons (Fsp3) is 0.368. The molecule has 0 saturated heterocycles. The number of fused-ring (bicyclic) bond motifs is 1. The monoisotopic (exact) mass is 437 g/mol. The Kier molecular flexibility index (Phi) is 6.37. The van der Waals surface area contributed by atoms with E-state index in [1.165, 1.54) is 41.8 Å². The molecule has 0 aliphatic heterocycles. The number of carbonyl (C=O) groups is 1. The van der Waals surface area contributed by atoms with E-state index in [9.17, 15) is 23.2 Å². The summed E-state index contributed by atoms with van der Waals surface area (Å²) in [7, 11) is 4.42. The van der Waals surface area contributed by atoms with Crippen LogP contribution in [0, 0.1) is 0 Å². The van der Waals surface area contributed by atoms with Crippen molar-refractivity contribution < 1.29 is 23.0 Å². The predicted molar refractivity (Wildman–Crippen MR) is 107 cm³/mol. The van der Waals surface area contributed by atoms with E-state index in [1.807, 2.05) is 0 Å². The van der Waals surface area contributed by atoms with Gasteiger partial charge in [0.05, 0.1) is 13.4 Å². The van der Waals surface area contributed by atoms with Gasteiger partial charge < -0.3 is 19.4 Å². The molecule has 1 amide bonds. The first-order valence-corrected chi connectivity index (χ1v) is 9.22. The van der Waals surface area contributed by atoms with E-state index < -0.39 is 30.3 Å². The molecule has 0 atom stereocenters. The number of benzene rings is 1. The van der Waals surface area contributed by atoms with Gasteiger partial charge in [0.25, 0.3) is 5.56 Å². The molecule has 12 heteroatoms. The lowest BCUT2D eigenvalue weighted by Crippen LogP contribution is -2.43. The fourth-order valence-electron chi connectivity index (χ4n) is 3.15. The second-order valence-electron chi connectivity index (χ2n) is 6.72. The molecule has 3 rings (SSSR count). The quantitative estimate of drug-likeness (QED) is 0.547. The van der Waals surface area contributed by atoms with Gasteiger partial charge in [-0.25, -0.2) is 14.3 Å². The van der Waals surface area contributed by atoms with E-state index >= 15 is 0 Å². The summed E-state index contributed by atoms with van der Waals surface area (Å²) in [5.41, 5.74) is -0.205. The maximum absolute atomic E-state index is 12.6. The van der Waals surface area contributed by atoms with Gasteiger partial charge in [-0.2, -0.15) is 8.78 Å². The number of hydrogen-bond acceptors (Lipinski definition) is 6. The van der Waals surface area contributed by atoms with Crippen LogP contribution in [0.3, 0.4) is 0 Å². The summed E-state index contributed by atoms with van der Waals surface area (Å²) in [6.45, 7) is -3.31. The van der Waals surface area contributed by atoms with Crippen molar-refractivity contribution in [3.63, 3.8) is 0 Å². The molecule has 0 unspecified atom stereocenters.